The van der Waals surface area contributed by atoms with Gasteiger partial charge in [-0.15, -0.1) is 22.7 Å². The highest BCUT2D eigenvalue weighted by Gasteiger charge is 2.08. The summed E-state index contributed by atoms with van der Waals surface area (Å²) >= 11 is 3.69. The average molecular weight is 569 g/mol. The second-order valence-corrected chi connectivity index (χ2v) is 11.6. The van der Waals surface area contributed by atoms with Crippen LogP contribution in [0.5, 0.6) is 23.0 Å². The number of hydrogen-bond donors (Lipinski definition) is 0. The van der Waals surface area contributed by atoms with E-state index in [9.17, 15) is 0 Å². The van der Waals surface area contributed by atoms with Crippen LogP contribution in [0.4, 0.5) is 0 Å². The lowest BCUT2D eigenvalue weighted by molar-refractivity contribution is 0.354. The molecule has 4 aromatic carbocycles. The predicted octanol–water partition coefficient (Wildman–Crippen LogP) is 9.02. The van der Waals surface area contributed by atoms with Crippen molar-refractivity contribution in [2.45, 2.75) is 12.8 Å². The fourth-order valence-corrected chi connectivity index (χ4v) is 6.83. The van der Waals surface area contributed by atoms with Crippen molar-refractivity contribution < 1.29 is 18.9 Å². The second-order valence-electron chi connectivity index (χ2n) is 9.23. The molecule has 40 heavy (non-hydrogen) atoms. The largest absolute Gasteiger partial charge is 0.493 e. The summed E-state index contributed by atoms with van der Waals surface area (Å²) in [5.41, 5.74) is 2.46. The fourth-order valence-electron chi connectivity index (χ4n) is 4.63. The van der Waals surface area contributed by atoms with Gasteiger partial charge in [-0.05, 0) is 70.4 Å². The van der Waals surface area contributed by atoms with Crippen LogP contribution in [-0.2, 0) is 12.8 Å². The van der Waals surface area contributed by atoms with Crippen molar-refractivity contribution in [3.05, 3.63) is 118 Å². The van der Waals surface area contributed by atoms with Crippen LogP contribution in [0.25, 0.3) is 20.2 Å². The van der Waals surface area contributed by atoms with Gasteiger partial charge in [0, 0.05) is 32.0 Å². The molecule has 204 valence electrons. The molecule has 0 saturated heterocycles. The van der Waals surface area contributed by atoms with Crippen LogP contribution in [0.15, 0.2) is 97.1 Å². The lowest BCUT2D eigenvalue weighted by Crippen LogP contribution is -1.92. The zero-order valence-corrected chi connectivity index (χ0v) is 24.7. The van der Waals surface area contributed by atoms with E-state index in [0.29, 0.717) is 0 Å². The van der Waals surface area contributed by atoms with Crippen LogP contribution in [0.2, 0.25) is 0 Å². The first-order valence-corrected chi connectivity index (χ1v) is 14.6. The number of ether oxygens (including phenoxy) is 4. The van der Waals surface area contributed by atoms with Gasteiger partial charge in [0.2, 0.25) is 0 Å². The molecule has 2 aromatic heterocycles. The smallest absolute Gasteiger partial charge is 0.160 e. The number of benzene rings is 4. The Morgan fingerprint density at radius 3 is 1.23 bits per heavy atom. The van der Waals surface area contributed by atoms with Gasteiger partial charge in [-0.25, -0.2) is 0 Å². The van der Waals surface area contributed by atoms with Crippen LogP contribution >= 0.6 is 22.7 Å². The number of rotatable bonds is 8. The van der Waals surface area contributed by atoms with Crippen LogP contribution in [0.1, 0.15) is 20.9 Å². The molecule has 0 aliphatic carbocycles. The van der Waals surface area contributed by atoms with E-state index in [1.54, 1.807) is 28.4 Å². The Labute approximate surface area is 243 Å². The maximum atomic E-state index is 5.35. The lowest BCUT2D eigenvalue weighted by Gasteiger charge is -2.08. The number of hydrogen-bond acceptors (Lipinski definition) is 6. The Hall–Kier alpha value is -4.00. The molecule has 6 heteroatoms. The van der Waals surface area contributed by atoms with Gasteiger partial charge in [-0.2, -0.15) is 0 Å². The first-order valence-electron chi connectivity index (χ1n) is 13.0. The van der Waals surface area contributed by atoms with Crippen LogP contribution < -0.4 is 18.9 Å². The number of methoxy groups -OCH3 is 4. The van der Waals surface area contributed by atoms with Gasteiger partial charge in [0.15, 0.2) is 23.0 Å². The van der Waals surface area contributed by atoms with Gasteiger partial charge in [0.25, 0.3) is 0 Å². The van der Waals surface area contributed by atoms with Gasteiger partial charge in [0.05, 0.1) is 28.4 Å². The molecular weight excluding hydrogens is 537 g/mol. The maximum Gasteiger partial charge on any atom is 0.160 e. The second kappa shape index (κ2) is 12.9. The van der Waals surface area contributed by atoms with Gasteiger partial charge in [-0.3, -0.25) is 0 Å². The van der Waals surface area contributed by atoms with Crippen molar-refractivity contribution in [3.63, 3.8) is 0 Å². The topological polar surface area (TPSA) is 36.9 Å². The molecule has 0 aliphatic rings. The SMILES string of the molecule is COc1ccc(Cc2cc3ccccc3s2)cc1OC.COc1ccc(Cc2cc3ccccc3s2)cc1OC. The molecule has 6 aromatic rings. The lowest BCUT2D eigenvalue weighted by atomic mass is 10.1. The standard InChI is InChI=1S/2C17H16O2S/c2*1-18-15-8-7-12(10-16(15)19-2)9-14-11-13-5-3-4-6-17(13)20-14/h2*3-8,10-11H,9H2,1-2H3. The monoisotopic (exact) mass is 568 g/mol. The van der Waals surface area contributed by atoms with Crippen molar-refractivity contribution in [2.75, 3.05) is 28.4 Å². The summed E-state index contributed by atoms with van der Waals surface area (Å²) in [5.74, 6) is 3.11. The van der Waals surface area contributed by atoms with Crippen molar-refractivity contribution >= 4 is 42.8 Å². The van der Waals surface area contributed by atoms with Gasteiger partial charge < -0.3 is 18.9 Å². The van der Waals surface area contributed by atoms with Gasteiger partial charge in [-0.1, -0.05) is 48.5 Å². The van der Waals surface area contributed by atoms with E-state index in [-0.39, 0.29) is 0 Å². The van der Waals surface area contributed by atoms with E-state index in [4.69, 9.17) is 18.9 Å². The van der Waals surface area contributed by atoms with Crippen molar-refractivity contribution in [1.82, 2.24) is 0 Å². The third-order valence-electron chi connectivity index (χ3n) is 6.61. The zero-order chi connectivity index (χ0) is 27.9. The first-order chi connectivity index (χ1) is 19.6. The Balaban J connectivity index is 0.000000161. The number of fused-ring (bicyclic) bond motifs is 2. The molecule has 4 nitrogen and oxygen atoms in total. The van der Waals surface area contributed by atoms with Crippen LogP contribution in [-0.4, -0.2) is 28.4 Å². The van der Waals surface area contributed by atoms with E-state index in [1.807, 2.05) is 46.9 Å². The minimum absolute atomic E-state index is 0.771. The van der Waals surface area contributed by atoms with Crippen LogP contribution in [0.3, 0.4) is 0 Å². The third kappa shape index (κ3) is 6.41. The third-order valence-corrected chi connectivity index (χ3v) is 8.84. The fraction of sp³-hybridized carbons (Fsp3) is 0.176. The summed E-state index contributed by atoms with van der Waals surface area (Å²) < 4.78 is 23.9. The Bertz CT molecular complexity index is 1520. The molecule has 2 heterocycles. The molecule has 0 fully saturated rings. The molecule has 0 spiro atoms. The molecule has 0 radical (unpaired) electrons. The Kier molecular flexibility index (Phi) is 8.89. The summed E-state index contributed by atoms with van der Waals surface area (Å²) in [6.45, 7) is 0. The minimum Gasteiger partial charge on any atom is -0.493 e. The molecule has 0 saturated carbocycles. The molecule has 6 rings (SSSR count). The van der Waals surface area contributed by atoms with Crippen molar-refractivity contribution in [1.29, 1.82) is 0 Å². The normalized spacial score (nSPS) is 10.7. The highest BCUT2D eigenvalue weighted by atomic mass is 32.1. The van der Waals surface area contributed by atoms with Gasteiger partial charge >= 0.3 is 0 Å². The molecule has 0 amide bonds. The highest BCUT2D eigenvalue weighted by molar-refractivity contribution is 7.19. The Morgan fingerprint density at radius 2 is 0.850 bits per heavy atom. The molecule has 0 unspecified atom stereocenters. The number of thiophene rings is 2. The summed E-state index contributed by atoms with van der Waals surface area (Å²) in [5, 5.41) is 2.63. The predicted molar refractivity (Wildman–Crippen MR) is 168 cm³/mol. The first kappa shape index (κ1) is 27.6. The van der Waals surface area contributed by atoms with Crippen molar-refractivity contribution in [3.8, 4) is 23.0 Å². The van der Waals surface area contributed by atoms with E-state index < -0.39 is 0 Å². The van der Waals surface area contributed by atoms with E-state index >= 15 is 0 Å². The molecule has 0 atom stereocenters. The van der Waals surface area contributed by atoms with E-state index in [0.717, 1.165) is 35.8 Å². The molecular formula is C34H32O4S2. The van der Waals surface area contributed by atoms with E-state index in [1.165, 1.54) is 41.1 Å². The minimum atomic E-state index is 0.771. The molecule has 0 N–H and O–H groups in total. The van der Waals surface area contributed by atoms with Crippen LogP contribution in [0, 0.1) is 0 Å². The maximum absolute atomic E-state index is 5.35. The Morgan fingerprint density at radius 1 is 0.450 bits per heavy atom. The molecule has 0 bridgehead atoms. The highest BCUT2D eigenvalue weighted by Crippen LogP contribution is 2.33. The van der Waals surface area contributed by atoms with E-state index in [2.05, 4.69) is 72.8 Å². The summed E-state index contributed by atoms with van der Waals surface area (Å²) in [7, 11) is 6.65. The van der Waals surface area contributed by atoms with Crippen molar-refractivity contribution in [2.24, 2.45) is 0 Å². The quantitative estimate of drug-likeness (QED) is 0.184. The van der Waals surface area contributed by atoms with Gasteiger partial charge in [0.1, 0.15) is 0 Å². The average Bonchev–Trinajstić information content (AvgIpc) is 3.60. The molecule has 0 aliphatic heterocycles. The summed E-state index contributed by atoms with van der Waals surface area (Å²) in [6.07, 6.45) is 1.83. The summed E-state index contributed by atoms with van der Waals surface area (Å²) in [4.78, 5) is 2.72. The zero-order valence-electron chi connectivity index (χ0n) is 23.1. The summed E-state index contributed by atoms with van der Waals surface area (Å²) in [6, 6.07) is 33.7.